The molecule has 0 aliphatic carbocycles. The van der Waals surface area contributed by atoms with Crippen molar-refractivity contribution < 1.29 is 4.79 Å². The van der Waals surface area contributed by atoms with Gasteiger partial charge in [0.05, 0.1) is 10.6 Å². The molecule has 0 saturated heterocycles. The third-order valence-electron chi connectivity index (χ3n) is 3.51. The van der Waals surface area contributed by atoms with Gasteiger partial charge >= 0.3 is 0 Å². The third-order valence-corrected chi connectivity index (χ3v) is 4.34. The van der Waals surface area contributed by atoms with Crippen LogP contribution in [0.15, 0.2) is 46.9 Å². The number of fused-ring (bicyclic) bond motifs is 1. The lowest BCUT2D eigenvalue weighted by atomic mass is 10.0. The van der Waals surface area contributed by atoms with Crippen LogP contribution in [-0.2, 0) is 6.42 Å². The van der Waals surface area contributed by atoms with Crippen molar-refractivity contribution in [1.29, 1.82) is 0 Å². The zero-order chi connectivity index (χ0) is 14.1. The Bertz CT molecular complexity index is 671. The second-order valence-corrected chi connectivity index (χ2v) is 6.14. The van der Waals surface area contributed by atoms with Gasteiger partial charge in [0.2, 0.25) is 0 Å². The van der Waals surface area contributed by atoms with Crippen molar-refractivity contribution in [3.8, 4) is 0 Å². The molecule has 1 heterocycles. The molecule has 0 fully saturated rings. The van der Waals surface area contributed by atoms with E-state index in [9.17, 15) is 4.79 Å². The summed E-state index contributed by atoms with van der Waals surface area (Å²) in [5.41, 5.74) is 2.76. The second-order valence-electron chi connectivity index (χ2n) is 4.81. The number of para-hydroxylation sites is 1. The van der Waals surface area contributed by atoms with Crippen LogP contribution in [0.2, 0.25) is 5.02 Å². The van der Waals surface area contributed by atoms with Crippen LogP contribution in [0.3, 0.4) is 0 Å². The topological polar surface area (TPSA) is 20.3 Å². The van der Waals surface area contributed by atoms with E-state index in [1.54, 1.807) is 12.1 Å². The largest absolute Gasteiger partial charge is 0.308 e. The summed E-state index contributed by atoms with van der Waals surface area (Å²) < 4.78 is 0.857. The number of carbonyl (C=O) groups is 1. The Morgan fingerprint density at radius 2 is 2.00 bits per heavy atom. The maximum atomic E-state index is 12.8. The van der Waals surface area contributed by atoms with Crippen molar-refractivity contribution in [2.24, 2.45) is 0 Å². The predicted octanol–water partition coefficient (Wildman–Crippen LogP) is 4.70. The summed E-state index contributed by atoms with van der Waals surface area (Å²) in [6, 6.07) is 13.4. The van der Waals surface area contributed by atoms with Crippen LogP contribution >= 0.6 is 27.5 Å². The molecule has 1 aliphatic rings. The van der Waals surface area contributed by atoms with Crippen molar-refractivity contribution >= 4 is 39.1 Å². The van der Waals surface area contributed by atoms with E-state index in [0.717, 1.165) is 29.5 Å². The van der Waals surface area contributed by atoms with Crippen LogP contribution in [0.25, 0.3) is 0 Å². The first-order valence-corrected chi connectivity index (χ1v) is 7.69. The van der Waals surface area contributed by atoms with Crippen LogP contribution in [0, 0.1) is 0 Å². The molecule has 1 aliphatic heterocycles. The number of anilines is 1. The molecule has 0 saturated carbocycles. The lowest BCUT2D eigenvalue weighted by Gasteiger charge is -2.29. The van der Waals surface area contributed by atoms with Crippen LogP contribution in [0.1, 0.15) is 22.3 Å². The minimum atomic E-state index is -0.0385. The highest BCUT2D eigenvalue weighted by atomic mass is 79.9. The van der Waals surface area contributed by atoms with Crippen molar-refractivity contribution in [2.75, 3.05) is 11.4 Å². The van der Waals surface area contributed by atoms with E-state index in [1.165, 1.54) is 5.56 Å². The molecule has 3 rings (SSSR count). The predicted molar refractivity (Wildman–Crippen MR) is 85.6 cm³/mol. The highest BCUT2D eigenvalue weighted by Crippen LogP contribution is 2.30. The van der Waals surface area contributed by atoms with Gasteiger partial charge in [-0.05, 0) is 42.7 Å². The number of hydrogen-bond acceptors (Lipinski definition) is 1. The zero-order valence-corrected chi connectivity index (χ0v) is 13.1. The van der Waals surface area contributed by atoms with Gasteiger partial charge in [0.25, 0.3) is 5.91 Å². The Hall–Kier alpha value is -1.32. The number of aryl methyl sites for hydroxylation is 1. The number of carbonyl (C=O) groups excluding carboxylic acids is 1. The monoisotopic (exact) mass is 349 g/mol. The Morgan fingerprint density at radius 3 is 2.85 bits per heavy atom. The van der Waals surface area contributed by atoms with Crippen molar-refractivity contribution in [3.05, 3.63) is 63.1 Å². The number of rotatable bonds is 1. The van der Waals surface area contributed by atoms with Crippen LogP contribution in [0.4, 0.5) is 5.69 Å². The Labute approximate surface area is 131 Å². The number of benzene rings is 2. The molecular weight excluding hydrogens is 338 g/mol. The van der Waals surface area contributed by atoms with E-state index in [4.69, 9.17) is 11.6 Å². The summed E-state index contributed by atoms with van der Waals surface area (Å²) in [5.74, 6) is -0.0385. The van der Waals surface area contributed by atoms with E-state index in [-0.39, 0.29) is 5.91 Å². The summed E-state index contributed by atoms with van der Waals surface area (Å²) in [6.07, 6.45) is 2.00. The maximum absolute atomic E-state index is 12.8. The van der Waals surface area contributed by atoms with Gasteiger partial charge in [-0.3, -0.25) is 4.79 Å². The van der Waals surface area contributed by atoms with Crippen molar-refractivity contribution in [2.45, 2.75) is 12.8 Å². The molecule has 0 atom stereocenters. The molecular formula is C16H13BrClNO. The molecule has 20 heavy (non-hydrogen) atoms. The van der Waals surface area contributed by atoms with Crippen LogP contribution in [-0.4, -0.2) is 12.5 Å². The van der Waals surface area contributed by atoms with Gasteiger partial charge in [0.15, 0.2) is 0 Å². The first kappa shape index (κ1) is 13.7. The summed E-state index contributed by atoms with van der Waals surface area (Å²) in [5, 5.41) is 0.487. The van der Waals surface area contributed by atoms with E-state index < -0.39 is 0 Å². The zero-order valence-electron chi connectivity index (χ0n) is 10.8. The summed E-state index contributed by atoms with van der Waals surface area (Å²) >= 11 is 9.56. The normalized spacial score (nSPS) is 14.0. The Balaban J connectivity index is 2.02. The molecule has 0 unspecified atom stereocenters. The fourth-order valence-corrected chi connectivity index (χ4v) is 3.11. The number of hydrogen-bond donors (Lipinski definition) is 0. The quantitative estimate of drug-likeness (QED) is 0.730. The molecule has 0 spiro atoms. The molecule has 0 radical (unpaired) electrons. The van der Waals surface area contributed by atoms with Gasteiger partial charge in [-0.25, -0.2) is 0 Å². The van der Waals surface area contributed by atoms with E-state index >= 15 is 0 Å². The summed E-state index contributed by atoms with van der Waals surface area (Å²) in [4.78, 5) is 14.6. The van der Waals surface area contributed by atoms with E-state index in [2.05, 4.69) is 22.0 Å². The van der Waals surface area contributed by atoms with Gasteiger partial charge in [-0.2, -0.15) is 0 Å². The molecule has 2 nitrogen and oxygen atoms in total. The maximum Gasteiger partial charge on any atom is 0.259 e. The lowest BCUT2D eigenvalue weighted by molar-refractivity contribution is 0.0985. The lowest BCUT2D eigenvalue weighted by Crippen LogP contribution is -2.35. The highest BCUT2D eigenvalue weighted by molar-refractivity contribution is 9.10. The van der Waals surface area contributed by atoms with Gasteiger partial charge < -0.3 is 4.90 Å². The number of nitrogens with zero attached hydrogens (tertiary/aromatic N) is 1. The average molecular weight is 351 g/mol. The third kappa shape index (κ3) is 2.48. The smallest absolute Gasteiger partial charge is 0.259 e. The summed E-state index contributed by atoms with van der Waals surface area (Å²) in [7, 11) is 0. The minimum absolute atomic E-state index is 0.0385. The van der Waals surface area contributed by atoms with Gasteiger partial charge in [0.1, 0.15) is 0 Å². The SMILES string of the molecule is O=C(c1cc(Br)ccc1Cl)N1CCCc2ccccc21. The average Bonchev–Trinajstić information content (AvgIpc) is 2.48. The van der Waals surface area contributed by atoms with Gasteiger partial charge in [-0.1, -0.05) is 45.7 Å². The molecule has 2 aromatic rings. The molecule has 0 aromatic heterocycles. The Morgan fingerprint density at radius 1 is 1.20 bits per heavy atom. The van der Waals surface area contributed by atoms with Gasteiger partial charge in [-0.15, -0.1) is 0 Å². The molecule has 0 N–H and O–H groups in total. The van der Waals surface area contributed by atoms with Gasteiger partial charge in [0, 0.05) is 16.7 Å². The van der Waals surface area contributed by atoms with Crippen LogP contribution < -0.4 is 4.90 Å². The van der Waals surface area contributed by atoms with Crippen molar-refractivity contribution in [3.63, 3.8) is 0 Å². The Kier molecular flexibility index (Phi) is 3.81. The van der Waals surface area contributed by atoms with Crippen molar-refractivity contribution in [1.82, 2.24) is 0 Å². The standard InChI is InChI=1S/C16H13BrClNO/c17-12-7-8-14(18)13(10-12)16(20)19-9-3-5-11-4-1-2-6-15(11)19/h1-2,4,6-8,10H,3,5,9H2. The minimum Gasteiger partial charge on any atom is -0.308 e. The fraction of sp³-hybridized carbons (Fsp3) is 0.188. The second kappa shape index (κ2) is 5.58. The molecule has 102 valence electrons. The number of halogens is 2. The fourth-order valence-electron chi connectivity index (χ4n) is 2.55. The van der Waals surface area contributed by atoms with E-state index in [0.29, 0.717) is 10.6 Å². The first-order chi connectivity index (χ1) is 9.66. The molecule has 4 heteroatoms. The van der Waals surface area contributed by atoms with Crippen LogP contribution in [0.5, 0.6) is 0 Å². The molecule has 2 aromatic carbocycles. The number of amides is 1. The summed E-state index contributed by atoms with van der Waals surface area (Å²) in [6.45, 7) is 0.735. The highest BCUT2D eigenvalue weighted by Gasteiger charge is 2.24. The molecule has 0 bridgehead atoms. The first-order valence-electron chi connectivity index (χ1n) is 6.51. The molecule has 1 amide bonds. The van der Waals surface area contributed by atoms with E-state index in [1.807, 2.05) is 29.2 Å².